The number of H-pyrrole nitrogens is 1. The maximum absolute atomic E-state index is 14.5. The van der Waals surface area contributed by atoms with E-state index in [9.17, 15) is 9.18 Å². The molecule has 0 aliphatic carbocycles. The van der Waals surface area contributed by atoms with Crippen LogP contribution in [0, 0.1) is 5.82 Å². The zero-order chi connectivity index (χ0) is 25.1. The topological polar surface area (TPSA) is 75.6 Å². The van der Waals surface area contributed by atoms with Gasteiger partial charge in [0.1, 0.15) is 5.82 Å². The van der Waals surface area contributed by atoms with Gasteiger partial charge >= 0.3 is 0 Å². The Balaban J connectivity index is 1.23. The van der Waals surface area contributed by atoms with Crippen molar-refractivity contribution < 1.29 is 4.39 Å². The van der Waals surface area contributed by atoms with Gasteiger partial charge in [0.25, 0.3) is 5.56 Å². The molecule has 36 heavy (non-hydrogen) atoms. The highest BCUT2D eigenvalue weighted by Gasteiger charge is 2.10. The van der Waals surface area contributed by atoms with Crippen LogP contribution in [0.2, 0.25) is 5.02 Å². The van der Waals surface area contributed by atoms with Crippen molar-refractivity contribution in [3.63, 3.8) is 0 Å². The summed E-state index contributed by atoms with van der Waals surface area (Å²) in [6.07, 6.45) is 5.64. The minimum atomic E-state index is -0.324. The summed E-state index contributed by atoms with van der Waals surface area (Å²) < 4.78 is 16.2. The largest absolute Gasteiger partial charge is 0.381 e. The fourth-order valence-electron chi connectivity index (χ4n) is 4.02. The number of nitrogens with zero attached hydrogens (tertiary/aromatic N) is 3. The van der Waals surface area contributed by atoms with E-state index >= 15 is 0 Å². The number of hydrogen-bond acceptors (Lipinski definition) is 4. The quantitative estimate of drug-likeness (QED) is 0.303. The number of fused-ring (bicyclic) bond motifs is 1. The molecule has 5 rings (SSSR count). The molecule has 180 valence electrons. The molecule has 0 fully saturated rings. The van der Waals surface area contributed by atoms with E-state index in [1.165, 1.54) is 6.07 Å². The standard InChI is InChI=1S/C28H23ClFN5O/c1-18(31-14-22-12-24-25(29)16-32-27(24)13-26(22)30)21-11-23(34-33-15-21)10-19-5-7-20(8-6-19)17-35-9-3-2-4-28(35)36/h2-9,11-13,15-16,31-32H,1,10,14,17H2. The number of benzene rings is 2. The lowest BCUT2D eigenvalue weighted by Crippen LogP contribution is -2.18. The fourth-order valence-corrected chi connectivity index (χ4v) is 4.23. The van der Waals surface area contributed by atoms with Gasteiger partial charge in [-0.25, -0.2) is 4.39 Å². The summed E-state index contributed by atoms with van der Waals surface area (Å²) in [6, 6.07) is 18.3. The van der Waals surface area contributed by atoms with Crippen molar-refractivity contribution >= 4 is 28.2 Å². The van der Waals surface area contributed by atoms with Crippen molar-refractivity contribution in [1.29, 1.82) is 0 Å². The van der Waals surface area contributed by atoms with E-state index in [-0.39, 0.29) is 17.9 Å². The van der Waals surface area contributed by atoms with Gasteiger partial charge in [0.15, 0.2) is 0 Å². The lowest BCUT2D eigenvalue weighted by molar-refractivity contribution is 0.607. The molecule has 0 atom stereocenters. The van der Waals surface area contributed by atoms with Crippen molar-refractivity contribution in [2.24, 2.45) is 0 Å². The van der Waals surface area contributed by atoms with E-state index in [1.807, 2.05) is 36.4 Å². The van der Waals surface area contributed by atoms with Gasteiger partial charge in [-0.1, -0.05) is 48.5 Å². The molecule has 2 N–H and O–H groups in total. The molecule has 0 bridgehead atoms. The number of aromatic nitrogens is 4. The van der Waals surface area contributed by atoms with Crippen LogP contribution >= 0.6 is 11.6 Å². The van der Waals surface area contributed by atoms with Gasteiger partial charge in [0, 0.05) is 59.2 Å². The molecular weight excluding hydrogens is 477 g/mol. The molecule has 5 aromatic rings. The van der Waals surface area contributed by atoms with Gasteiger partial charge in [-0.15, -0.1) is 0 Å². The third-order valence-electron chi connectivity index (χ3n) is 6.00. The van der Waals surface area contributed by atoms with Crippen molar-refractivity contribution in [2.75, 3.05) is 0 Å². The molecule has 3 aromatic heterocycles. The van der Waals surface area contributed by atoms with Gasteiger partial charge in [-0.3, -0.25) is 4.79 Å². The Morgan fingerprint density at radius 3 is 2.72 bits per heavy atom. The van der Waals surface area contributed by atoms with Crippen molar-refractivity contribution in [2.45, 2.75) is 19.5 Å². The van der Waals surface area contributed by atoms with Crippen LogP contribution in [0.3, 0.4) is 0 Å². The number of halogens is 2. The SMILES string of the molecule is C=C(NCc1cc2c(Cl)c[nH]c2cc1F)c1cnnc(Cc2ccc(Cn3ccccc3=O)cc2)c1. The molecule has 3 heterocycles. The summed E-state index contributed by atoms with van der Waals surface area (Å²) in [5.41, 5.74) is 5.41. The van der Waals surface area contributed by atoms with Crippen LogP contribution in [0.1, 0.15) is 27.9 Å². The first-order valence-corrected chi connectivity index (χ1v) is 11.8. The maximum atomic E-state index is 14.5. The Bertz CT molecular complexity index is 1610. The second kappa shape index (κ2) is 10.2. The molecule has 0 radical (unpaired) electrons. The Kier molecular flexibility index (Phi) is 6.64. The number of hydrogen-bond donors (Lipinski definition) is 2. The predicted molar refractivity (Wildman–Crippen MR) is 140 cm³/mol. The fraction of sp³-hybridized carbons (Fsp3) is 0.107. The molecule has 0 aliphatic rings. The molecule has 0 unspecified atom stereocenters. The lowest BCUT2D eigenvalue weighted by Gasteiger charge is -2.12. The second-order valence-corrected chi connectivity index (χ2v) is 8.96. The minimum absolute atomic E-state index is 0.0286. The van der Waals surface area contributed by atoms with E-state index in [1.54, 1.807) is 41.4 Å². The normalized spacial score (nSPS) is 11.1. The van der Waals surface area contributed by atoms with Gasteiger partial charge < -0.3 is 14.9 Å². The van der Waals surface area contributed by atoms with E-state index < -0.39 is 0 Å². The van der Waals surface area contributed by atoms with E-state index in [2.05, 4.69) is 27.1 Å². The molecule has 6 nitrogen and oxygen atoms in total. The Labute approximate surface area is 212 Å². The monoisotopic (exact) mass is 499 g/mol. The summed E-state index contributed by atoms with van der Waals surface area (Å²) in [5.74, 6) is -0.324. The molecule has 8 heteroatoms. The van der Waals surface area contributed by atoms with Crippen LogP contribution in [0.15, 0.2) is 90.6 Å². The number of rotatable bonds is 8. The first-order valence-electron chi connectivity index (χ1n) is 11.4. The van der Waals surface area contributed by atoms with E-state index in [0.717, 1.165) is 27.8 Å². The number of nitrogens with one attached hydrogen (secondary N) is 2. The van der Waals surface area contributed by atoms with Gasteiger partial charge in [-0.05, 0) is 35.4 Å². The molecular formula is C28H23ClFN5O. The summed E-state index contributed by atoms with van der Waals surface area (Å²) in [7, 11) is 0. The third kappa shape index (κ3) is 5.21. The Morgan fingerprint density at radius 1 is 1.11 bits per heavy atom. The second-order valence-electron chi connectivity index (χ2n) is 8.55. The van der Waals surface area contributed by atoms with Crippen LogP contribution in [-0.4, -0.2) is 19.7 Å². The molecule has 0 spiro atoms. The first-order chi connectivity index (χ1) is 17.5. The maximum Gasteiger partial charge on any atom is 0.250 e. The van der Waals surface area contributed by atoms with E-state index in [0.29, 0.717) is 34.8 Å². The summed E-state index contributed by atoms with van der Waals surface area (Å²) in [6.45, 7) is 4.86. The smallest absolute Gasteiger partial charge is 0.250 e. The number of pyridine rings is 1. The summed E-state index contributed by atoms with van der Waals surface area (Å²) in [4.78, 5) is 14.9. The predicted octanol–water partition coefficient (Wildman–Crippen LogP) is 5.31. The average Bonchev–Trinajstić information content (AvgIpc) is 3.24. The molecule has 0 aliphatic heterocycles. The first kappa shape index (κ1) is 23.5. The van der Waals surface area contributed by atoms with Gasteiger partial charge in [-0.2, -0.15) is 10.2 Å². The molecule has 2 aromatic carbocycles. The Hall–Kier alpha value is -4.23. The van der Waals surface area contributed by atoms with Crippen LogP contribution < -0.4 is 10.9 Å². The van der Waals surface area contributed by atoms with Gasteiger partial charge in [0.2, 0.25) is 0 Å². The zero-order valence-corrected chi connectivity index (χ0v) is 20.1. The molecule has 0 amide bonds. The third-order valence-corrected chi connectivity index (χ3v) is 6.32. The van der Waals surface area contributed by atoms with E-state index in [4.69, 9.17) is 11.6 Å². The van der Waals surface area contributed by atoms with Crippen LogP contribution in [0.5, 0.6) is 0 Å². The Morgan fingerprint density at radius 2 is 1.92 bits per heavy atom. The average molecular weight is 500 g/mol. The molecule has 0 saturated heterocycles. The minimum Gasteiger partial charge on any atom is -0.381 e. The lowest BCUT2D eigenvalue weighted by atomic mass is 10.1. The zero-order valence-electron chi connectivity index (χ0n) is 19.3. The number of aromatic amines is 1. The highest BCUT2D eigenvalue weighted by atomic mass is 35.5. The van der Waals surface area contributed by atoms with Crippen LogP contribution in [0.25, 0.3) is 16.6 Å². The van der Waals surface area contributed by atoms with Gasteiger partial charge in [0.05, 0.1) is 23.5 Å². The highest BCUT2D eigenvalue weighted by Crippen LogP contribution is 2.26. The van der Waals surface area contributed by atoms with Crippen molar-refractivity contribution in [3.05, 3.63) is 135 Å². The van der Waals surface area contributed by atoms with Crippen LogP contribution in [0.4, 0.5) is 4.39 Å². The highest BCUT2D eigenvalue weighted by molar-refractivity contribution is 6.35. The summed E-state index contributed by atoms with van der Waals surface area (Å²) >= 11 is 6.17. The van der Waals surface area contributed by atoms with Crippen molar-refractivity contribution in [3.8, 4) is 0 Å². The van der Waals surface area contributed by atoms with Crippen molar-refractivity contribution in [1.82, 2.24) is 25.1 Å². The summed E-state index contributed by atoms with van der Waals surface area (Å²) in [5, 5.41) is 12.9. The molecule has 0 saturated carbocycles. The van der Waals surface area contributed by atoms with Crippen LogP contribution in [-0.2, 0) is 19.5 Å².